The van der Waals surface area contributed by atoms with Crippen molar-refractivity contribution in [2.45, 2.75) is 19.8 Å². The number of Topliss-reactive ketones (excluding diaryl/α,β-unsaturated/α-hetero) is 1. The fraction of sp³-hybridized carbons (Fsp3) is 0.286. The number of hydrogen-bond acceptors (Lipinski definition) is 5. The van der Waals surface area contributed by atoms with Crippen molar-refractivity contribution in [1.29, 1.82) is 5.26 Å². The number of furan rings is 1. The van der Waals surface area contributed by atoms with Gasteiger partial charge in [0.25, 0.3) is 0 Å². The number of hydrogen-bond donors (Lipinski definition) is 1. The van der Waals surface area contributed by atoms with Gasteiger partial charge in [-0.15, -0.1) is 11.8 Å². The van der Waals surface area contributed by atoms with Crippen molar-refractivity contribution in [3.05, 3.63) is 46.0 Å². The molecule has 0 amide bonds. The number of carbonyl (C=O) groups excluding carboxylic acids is 1. The Morgan fingerprint density at radius 2 is 2.32 bits per heavy atom. The van der Waals surface area contributed by atoms with Gasteiger partial charge in [0, 0.05) is 11.3 Å². The van der Waals surface area contributed by atoms with Crippen LogP contribution in [-0.2, 0) is 4.79 Å². The number of thioether (sulfide) groups is 1. The van der Waals surface area contributed by atoms with Crippen LogP contribution in [0.4, 0.5) is 0 Å². The molecule has 0 aliphatic carbocycles. The number of ketones is 1. The smallest absolute Gasteiger partial charge is 0.158 e. The van der Waals surface area contributed by atoms with Crippen LogP contribution in [0.2, 0.25) is 0 Å². The lowest BCUT2D eigenvalue weighted by molar-refractivity contribution is -0.113. The zero-order valence-electron chi connectivity index (χ0n) is 11.0. The summed E-state index contributed by atoms with van der Waals surface area (Å²) in [6.45, 7) is 3.35. The van der Waals surface area contributed by atoms with Gasteiger partial charge in [-0.1, -0.05) is 0 Å². The summed E-state index contributed by atoms with van der Waals surface area (Å²) in [5.41, 5.74) is 1.89. The molecule has 0 spiro atoms. The molecule has 2 heterocycles. The highest BCUT2D eigenvalue weighted by molar-refractivity contribution is 8.02. The Balaban J connectivity index is 2.64. The summed E-state index contributed by atoms with van der Waals surface area (Å²) in [4.78, 5) is 11.9. The van der Waals surface area contributed by atoms with Crippen LogP contribution in [0.5, 0.6) is 0 Å². The molecule has 19 heavy (non-hydrogen) atoms. The summed E-state index contributed by atoms with van der Waals surface area (Å²) in [5, 5.41) is 13.3. The van der Waals surface area contributed by atoms with Gasteiger partial charge in [0.15, 0.2) is 5.78 Å². The number of nitrogens with zero attached hydrogens (tertiary/aromatic N) is 1. The van der Waals surface area contributed by atoms with Crippen LogP contribution < -0.4 is 5.32 Å². The average Bonchev–Trinajstić information content (AvgIpc) is 2.90. The first-order chi connectivity index (χ1) is 9.10. The molecule has 0 radical (unpaired) electrons. The van der Waals surface area contributed by atoms with Gasteiger partial charge in [-0.25, -0.2) is 0 Å². The SMILES string of the molecule is CSC1=C(C#N)[C@H](c2ccco2)C(C(C)=O)=C(C)N1. The predicted molar refractivity (Wildman–Crippen MR) is 74.1 cm³/mol. The first kappa shape index (κ1) is 13.5. The third kappa shape index (κ3) is 2.32. The molecule has 1 aromatic heterocycles. The summed E-state index contributed by atoms with van der Waals surface area (Å²) < 4.78 is 5.42. The molecule has 0 aromatic carbocycles. The van der Waals surface area contributed by atoms with Crippen LogP contribution in [0.25, 0.3) is 0 Å². The van der Waals surface area contributed by atoms with E-state index >= 15 is 0 Å². The van der Waals surface area contributed by atoms with Gasteiger partial charge >= 0.3 is 0 Å². The van der Waals surface area contributed by atoms with Crippen molar-refractivity contribution in [1.82, 2.24) is 5.32 Å². The summed E-state index contributed by atoms with van der Waals surface area (Å²) in [5.74, 6) is 0.148. The van der Waals surface area contributed by atoms with Gasteiger partial charge in [0.1, 0.15) is 5.76 Å². The number of dihydropyridines is 1. The Bertz CT molecular complexity index is 606. The highest BCUT2D eigenvalue weighted by atomic mass is 32.2. The van der Waals surface area contributed by atoms with E-state index in [0.717, 1.165) is 10.7 Å². The van der Waals surface area contributed by atoms with Crippen LogP contribution in [0.3, 0.4) is 0 Å². The molecular weight excluding hydrogens is 260 g/mol. The van der Waals surface area contributed by atoms with Crippen molar-refractivity contribution in [3.8, 4) is 6.07 Å². The van der Waals surface area contributed by atoms with E-state index in [-0.39, 0.29) is 5.78 Å². The molecule has 98 valence electrons. The molecule has 0 saturated carbocycles. The van der Waals surface area contributed by atoms with E-state index in [1.165, 1.54) is 18.7 Å². The molecule has 1 aliphatic heterocycles. The third-order valence-corrected chi connectivity index (χ3v) is 3.79. The van der Waals surface area contributed by atoms with E-state index in [4.69, 9.17) is 4.42 Å². The van der Waals surface area contributed by atoms with Crippen LogP contribution in [0, 0.1) is 11.3 Å². The number of allylic oxidation sites excluding steroid dienone is 3. The Hall–Kier alpha value is -1.93. The van der Waals surface area contributed by atoms with Gasteiger partial charge in [0.05, 0.1) is 28.9 Å². The van der Waals surface area contributed by atoms with Crippen LogP contribution in [-0.4, -0.2) is 12.0 Å². The first-order valence-electron chi connectivity index (χ1n) is 5.80. The molecule has 0 unspecified atom stereocenters. The number of nitriles is 1. The average molecular weight is 274 g/mol. The fourth-order valence-corrected chi connectivity index (χ4v) is 2.92. The van der Waals surface area contributed by atoms with E-state index in [2.05, 4.69) is 11.4 Å². The normalized spacial score (nSPS) is 19.2. The monoisotopic (exact) mass is 274 g/mol. The lowest BCUT2D eigenvalue weighted by Crippen LogP contribution is -2.26. The summed E-state index contributed by atoms with van der Waals surface area (Å²) in [6, 6.07) is 5.75. The minimum absolute atomic E-state index is 0.0562. The zero-order chi connectivity index (χ0) is 14.0. The number of carbonyl (C=O) groups is 1. The minimum atomic E-state index is -0.416. The van der Waals surface area contributed by atoms with Crippen molar-refractivity contribution in [3.63, 3.8) is 0 Å². The maximum atomic E-state index is 11.9. The van der Waals surface area contributed by atoms with E-state index in [1.54, 1.807) is 18.4 Å². The lowest BCUT2D eigenvalue weighted by atomic mass is 9.84. The number of nitrogens with one attached hydrogen (secondary N) is 1. The van der Waals surface area contributed by atoms with Crippen LogP contribution >= 0.6 is 11.8 Å². The Kier molecular flexibility index (Phi) is 3.82. The zero-order valence-corrected chi connectivity index (χ0v) is 11.8. The molecule has 1 aliphatic rings. The summed E-state index contributed by atoms with van der Waals surface area (Å²) >= 11 is 1.46. The Labute approximate surface area is 116 Å². The van der Waals surface area contributed by atoms with Gasteiger partial charge in [-0.2, -0.15) is 5.26 Å². The molecule has 4 nitrogen and oxygen atoms in total. The largest absolute Gasteiger partial charge is 0.468 e. The molecule has 0 fully saturated rings. The molecular formula is C14H14N2O2S. The third-order valence-electron chi connectivity index (χ3n) is 3.06. The van der Waals surface area contributed by atoms with Gasteiger partial charge in [-0.3, -0.25) is 4.79 Å². The second kappa shape index (κ2) is 5.37. The highest BCUT2D eigenvalue weighted by Gasteiger charge is 2.34. The maximum absolute atomic E-state index is 11.9. The molecule has 0 bridgehead atoms. The topological polar surface area (TPSA) is 66.0 Å². The van der Waals surface area contributed by atoms with Crippen molar-refractivity contribution >= 4 is 17.5 Å². The van der Waals surface area contributed by atoms with Crippen molar-refractivity contribution in [2.75, 3.05) is 6.26 Å². The highest BCUT2D eigenvalue weighted by Crippen LogP contribution is 2.40. The second-order valence-electron chi connectivity index (χ2n) is 4.23. The van der Waals surface area contributed by atoms with E-state index in [9.17, 15) is 10.1 Å². The fourth-order valence-electron chi connectivity index (χ4n) is 2.28. The predicted octanol–water partition coefficient (Wildman–Crippen LogP) is 2.93. The molecule has 2 rings (SSSR count). The quantitative estimate of drug-likeness (QED) is 0.918. The van der Waals surface area contributed by atoms with Gasteiger partial charge in [-0.05, 0) is 32.2 Å². The summed E-state index contributed by atoms with van der Waals surface area (Å²) in [7, 11) is 0. The summed E-state index contributed by atoms with van der Waals surface area (Å²) in [6.07, 6.45) is 3.45. The first-order valence-corrected chi connectivity index (χ1v) is 7.03. The standard InChI is InChI=1S/C14H14N2O2S/c1-8-12(9(2)17)13(11-5-4-6-18-11)10(7-15)14(16-8)19-3/h4-6,13,16H,1-3H3/t13-/m1/s1. The number of rotatable bonds is 3. The second-order valence-corrected chi connectivity index (χ2v) is 5.04. The molecule has 1 atom stereocenters. The Morgan fingerprint density at radius 1 is 1.58 bits per heavy atom. The van der Waals surface area contributed by atoms with Crippen LogP contribution in [0.1, 0.15) is 25.5 Å². The molecule has 5 heteroatoms. The lowest BCUT2D eigenvalue weighted by Gasteiger charge is -2.27. The van der Waals surface area contributed by atoms with Crippen molar-refractivity contribution < 1.29 is 9.21 Å². The van der Waals surface area contributed by atoms with E-state index in [1.807, 2.05) is 13.2 Å². The van der Waals surface area contributed by atoms with Gasteiger partial charge < -0.3 is 9.73 Å². The molecule has 1 N–H and O–H groups in total. The van der Waals surface area contributed by atoms with E-state index in [0.29, 0.717) is 16.9 Å². The maximum Gasteiger partial charge on any atom is 0.158 e. The Morgan fingerprint density at radius 3 is 2.79 bits per heavy atom. The van der Waals surface area contributed by atoms with Crippen LogP contribution in [0.15, 0.2) is 44.7 Å². The molecule has 1 aromatic rings. The van der Waals surface area contributed by atoms with Crippen molar-refractivity contribution in [2.24, 2.45) is 0 Å². The minimum Gasteiger partial charge on any atom is -0.468 e. The van der Waals surface area contributed by atoms with Gasteiger partial charge in [0.2, 0.25) is 0 Å². The van der Waals surface area contributed by atoms with E-state index < -0.39 is 5.92 Å². The molecule has 0 saturated heterocycles.